The average molecular weight is 259 g/mol. The van der Waals surface area contributed by atoms with Crippen LogP contribution in [0.5, 0.6) is 5.75 Å². The van der Waals surface area contributed by atoms with Crippen LogP contribution in [0.15, 0.2) is 6.07 Å². The molecule has 0 aliphatic heterocycles. The fraction of sp³-hybridized carbons (Fsp3) is 0. The van der Waals surface area contributed by atoms with Gasteiger partial charge in [-0.2, -0.15) is 4.39 Å². The van der Waals surface area contributed by atoms with Crippen LogP contribution in [-0.2, 0) is 0 Å². The van der Waals surface area contributed by atoms with E-state index in [4.69, 9.17) is 0 Å². The van der Waals surface area contributed by atoms with Crippen molar-refractivity contribution in [1.82, 2.24) is 4.98 Å². The normalized spacial score (nSPS) is 10.8. The summed E-state index contributed by atoms with van der Waals surface area (Å²) >= 11 is 0. The Hall–Kier alpha value is -2.78. The molecular formula is C8H3F2N3O5. The van der Waals surface area contributed by atoms with Crippen molar-refractivity contribution in [2.24, 2.45) is 0 Å². The Balaban J connectivity index is 3.00. The molecule has 0 unspecified atom stereocenters. The van der Waals surface area contributed by atoms with E-state index in [0.29, 0.717) is 6.07 Å². The molecule has 0 amide bonds. The molecule has 94 valence electrons. The molecule has 0 aliphatic rings. The fourth-order valence-corrected chi connectivity index (χ4v) is 1.56. The Morgan fingerprint density at radius 3 is 2.33 bits per heavy atom. The zero-order chi connectivity index (χ0) is 13.6. The van der Waals surface area contributed by atoms with Gasteiger partial charge in [0.1, 0.15) is 5.52 Å². The number of rotatable bonds is 2. The predicted molar refractivity (Wildman–Crippen MR) is 53.2 cm³/mol. The van der Waals surface area contributed by atoms with Crippen molar-refractivity contribution in [3.63, 3.8) is 0 Å². The number of aromatic hydroxyl groups is 1. The van der Waals surface area contributed by atoms with E-state index in [-0.39, 0.29) is 0 Å². The number of aromatic nitrogens is 1. The molecule has 8 nitrogen and oxygen atoms in total. The molecule has 2 aromatic rings. The van der Waals surface area contributed by atoms with Crippen molar-refractivity contribution in [2.45, 2.75) is 0 Å². The van der Waals surface area contributed by atoms with Crippen LogP contribution in [-0.4, -0.2) is 19.9 Å². The number of H-pyrrole nitrogens is 1. The van der Waals surface area contributed by atoms with Gasteiger partial charge in [0.15, 0.2) is 11.2 Å². The van der Waals surface area contributed by atoms with Gasteiger partial charge in [-0.3, -0.25) is 10.1 Å². The standard InChI is InChI=1S/C8H3F2N3O5/c9-2-1-3-4(6(5(2)10)12(15)16)7(14)8(11-3)13(17)18/h1,11,14H. The summed E-state index contributed by atoms with van der Waals surface area (Å²) in [6.07, 6.45) is 0. The minimum absolute atomic E-state index is 0.440. The van der Waals surface area contributed by atoms with Crippen LogP contribution in [0.3, 0.4) is 0 Å². The van der Waals surface area contributed by atoms with E-state index in [1.165, 1.54) is 0 Å². The van der Waals surface area contributed by atoms with Crippen molar-refractivity contribution >= 4 is 22.4 Å². The second-order valence-corrected chi connectivity index (χ2v) is 3.28. The number of nitrogens with zero attached hydrogens (tertiary/aromatic N) is 2. The van der Waals surface area contributed by atoms with E-state index in [0.717, 1.165) is 0 Å². The molecule has 1 aromatic heterocycles. The lowest BCUT2D eigenvalue weighted by atomic mass is 10.2. The van der Waals surface area contributed by atoms with Gasteiger partial charge < -0.3 is 15.2 Å². The van der Waals surface area contributed by atoms with Crippen molar-refractivity contribution in [3.8, 4) is 5.75 Å². The lowest BCUT2D eigenvalue weighted by molar-refractivity contribution is -0.390. The zero-order valence-electron chi connectivity index (χ0n) is 8.31. The number of nitro benzene ring substituents is 1. The van der Waals surface area contributed by atoms with Gasteiger partial charge in [-0.25, -0.2) is 9.37 Å². The first-order valence-electron chi connectivity index (χ1n) is 4.36. The van der Waals surface area contributed by atoms with Gasteiger partial charge in [-0.1, -0.05) is 0 Å². The maximum atomic E-state index is 13.3. The lowest BCUT2D eigenvalue weighted by Gasteiger charge is -1.96. The number of fused-ring (bicyclic) bond motifs is 1. The van der Waals surface area contributed by atoms with E-state index in [2.05, 4.69) is 0 Å². The molecule has 1 aromatic carbocycles. The molecule has 2 rings (SSSR count). The van der Waals surface area contributed by atoms with Crippen LogP contribution in [0.4, 0.5) is 20.3 Å². The van der Waals surface area contributed by atoms with E-state index in [9.17, 15) is 34.1 Å². The highest BCUT2D eigenvalue weighted by molar-refractivity contribution is 5.97. The molecular weight excluding hydrogens is 256 g/mol. The highest BCUT2D eigenvalue weighted by Gasteiger charge is 2.32. The van der Waals surface area contributed by atoms with Crippen LogP contribution in [0, 0.1) is 31.9 Å². The van der Waals surface area contributed by atoms with Crippen LogP contribution in [0.1, 0.15) is 0 Å². The Morgan fingerprint density at radius 1 is 1.22 bits per heavy atom. The summed E-state index contributed by atoms with van der Waals surface area (Å²) in [5.41, 5.74) is -1.79. The largest absolute Gasteiger partial charge is 0.500 e. The second-order valence-electron chi connectivity index (χ2n) is 3.28. The molecule has 0 radical (unpaired) electrons. The quantitative estimate of drug-likeness (QED) is 0.630. The summed E-state index contributed by atoms with van der Waals surface area (Å²) < 4.78 is 26.3. The Morgan fingerprint density at radius 2 is 1.83 bits per heavy atom. The van der Waals surface area contributed by atoms with Gasteiger partial charge in [-0.15, -0.1) is 0 Å². The van der Waals surface area contributed by atoms with E-state index in [1.807, 2.05) is 4.98 Å². The molecule has 0 saturated carbocycles. The number of nitro groups is 2. The fourth-order valence-electron chi connectivity index (χ4n) is 1.56. The molecule has 10 heteroatoms. The van der Waals surface area contributed by atoms with Crippen LogP contribution >= 0.6 is 0 Å². The first kappa shape index (κ1) is 11.7. The number of hydrogen-bond donors (Lipinski definition) is 2. The van der Waals surface area contributed by atoms with Crippen molar-refractivity contribution < 1.29 is 23.7 Å². The van der Waals surface area contributed by atoms with Gasteiger partial charge in [0, 0.05) is 6.07 Å². The Labute approximate surface area is 95.8 Å². The van der Waals surface area contributed by atoms with E-state index in [1.54, 1.807) is 0 Å². The van der Waals surface area contributed by atoms with Gasteiger partial charge in [0.2, 0.25) is 11.6 Å². The highest BCUT2D eigenvalue weighted by atomic mass is 19.2. The number of benzene rings is 1. The molecule has 1 heterocycles. The zero-order valence-corrected chi connectivity index (χ0v) is 8.31. The summed E-state index contributed by atoms with van der Waals surface area (Å²) in [7, 11) is 0. The second kappa shape index (κ2) is 3.61. The summed E-state index contributed by atoms with van der Waals surface area (Å²) in [6, 6.07) is 0.490. The number of halogens is 2. The Bertz CT molecular complexity index is 696. The summed E-state index contributed by atoms with van der Waals surface area (Å²) in [5, 5.41) is 29.8. The number of aromatic amines is 1. The third-order valence-corrected chi connectivity index (χ3v) is 2.27. The molecule has 0 bridgehead atoms. The molecule has 2 N–H and O–H groups in total. The van der Waals surface area contributed by atoms with Gasteiger partial charge >= 0.3 is 11.5 Å². The van der Waals surface area contributed by atoms with Crippen LogP contribution < -0.4 is 0 Å². The third kappa shape index (κ3) is 1.43. The van der Waals surface area contributed by atoms with Crippen molar-refractivity contribution in [1.29, 1.82) is 0 Å². The summed E-state index contributed by atoms with van der Waals surface area (Å²) in [4.78, 5) is 20.8. The Kier molecular flexibility index (Phi) is 2.35. The van der Waals surface area contributed by atoms with Gasteiger partial charge in [0.05, 0.1) is 4.92 Å². The van der Waals surface area contributed by atoms with Crippen LogP contribution in [0.25, 0.3) is 10.9 Å². The minimum Gasteiger partial charge on any atom is -0.500 e. The first-order chi connectivity index (χ1) is 8.34. The molecule has 0 atom stereocenters. The van der Waals surface area contributed by atoms with Crippen molar-refractivity contribution in [3.05, 3.63) is 37.9 Å². The summed E-state index contributed by atoms with van der Waals surface area (Å²) in [6.45, 7) is 0. The van der Waals surface area contributed by atoms with Gasteiger partial charge in [0.25, 0.3) is 0 Å². The topological polar surface area (TPSA) is 122 Å². The molecule has 0 fully saturated rings. The molecule has 18 heavy (non-hydrogen) atoms. The predicted octanol–water partition coefficient (Wildman–Crippen LogP) is 1.97. The lowest BCUT2D eigenvalue weighted by Crippen LogP contribution is -1.96. The smallest absolute Gasteiger partial charge is 0.364 e. The maximum absolute atomic E-state index is 13.3. The maximum Gasteiger partial charge on any atom is 0.364 e. The monoisotopic (exact) mass is 259 g/mol. The average Bonchev–Trinajstić information content (AvgIpc) is 2.57. The number of hydrogen-bond acceptors (Lipinski definition) is 5. The van der Waals surface area contributed by atoms with E-state index >= 15 is 0 Å². The van der Waals surface area contributed by atoms with Crippen LogP contribution in [0.2, 0.25) is 0 Å². The molecule has 0 saturated heterocycles. The van der Waals surface area contributed by atoms with Gasteiger partial charge in [-0.05, 0) is 4.92 Å². The molecule has 0 spiro atoms. The third-order valence-electron chi connectivity index (χ3n) is 2.27. The first-order valence-corrected chi connectivity index (χ1v) is 4.36. The minimum atomic E-state index is -1.79. The van der Waals surface area contributed by atoms with Crippen molar-refractivity contribution in [2.75, 3.05) is 0 Å². The number of nitrogens with one attached hydrogen (secondary N) is 1. The SMILES string of the molecule is O=[N+]([O-])c1[nH]c2cc(F)c(F)c([N+](=O)[O-])c2c1O. The highest BCUT2D eigenvalue weighted by Crippen LogP contribution is 2.41. The van der Waals surface area contributed by atoms with E-state index < -0.39 is 49.6 Å². The summed E-state index contributed by atoms with van der Waals surface area (Å²) in [5.74, 6) is -5.43. The molecule has 0 aliphatic carbocycles.